The topological polar surface area (TPSA) is 57.5 Å². The Labute approximate surface area is 109 Å². The first-order valence-corrected chi connectivity index (χ1v) is 6.84. The van der Waals surface area contributed by atoms with Gasteiger partial charge in [0, 0.05) is 12.0 Å². The Morgan fingerprint density at radius 2 is 1.83 bits per heavy atom. The maximum absolute atomic E-state index is 12.2. The molecule has 2 N–H and O–H groups in total. The molecule has 0 bridgehead atoms. The number of rotatable bonds is 2. The summed E-state index contributed by atoms with van der Waals surface area (Å²) in [6.07, 6.45) is 3.78. The Morgan fingerprint density at radius 3 is 2.39 bits per heavy atom. The summed E-state index contributed by atoms with van der Waals surface area (Å²) >= 11 is 0. The molecule has 0 aromatic heterocycles. The molecule has 102 valence electrons. The van der Waals surface area contributed by atoms with Crippen molar-refractivity contribution in [1.82, 2.24) is 0 Å². The fourth-order valence-electron chi connectivity index (χ4n) is 4.27. The highest BCUT2D eigenvalue weighted by Gasteiger charge is 2.52. The molecule has 3 nitrogen and oxygen atoms in total. The van der Waals surface area contributed by atoms with E-state index >= 15 is 0 Å². The summed E-state index contributed by atoms with van der Waals surface area (Å²) in [6, 6.07) is 0. The predicted molar refractivity (Wildman–Crippen MR) is 70.1 cm³/mol. The van der Waals surface area contributed by atoms with E-state index in [0.717, 1.165) is 24.8 Å². The Kier molecular flexibility index (Phi) is 3.41. The molecule has 0 radical (unpaired) electrons. The van der Waals surface area contributed by atoms with Crippen molar-refractivity contribution >= 4 is 5.78 Å². The highest BCUT2D eigenvalue weighted by atomic mass is 16.3. The van der Waals surface area contributed by atoms with E-state index in [1.54, 1.807) is 0 Å². The van der Waals surface area contributed by atoms with Crippen LogP contribution in [0.15, 0.2) is 11.1 Å². The zero-order valence-electron chi connectivity index (χ0n) is 11.6. The lowest BCUT2D eigenvalue weighted by Crippen LogP contribution is -2.48. The van der Waals surface area contributed by atoms with Gasteiger partial charge in [0.2, 0.25) is 0 Å². The van der Waals surface area contributed by atoms with Gasteiger partial charge in [0.25, 0.3) is 0 Å². The van der Waals surface area contributed by atoms with E-state index in [1.807, 2.05) is 0 Å². The molecule has 3 heteroatoms. The molecule has 0 aliphatic heterocycles. The van der Waals surface area contributed by atoms with Crippen molar-refractivity contribution in [3.63, 3.8) is 0 Å². The highest BCUT2D eigenvalue weighted by molar-refractivity contribution is 5.98. The minimum atomic E-state index is -0.239. The number of fused-ring (bicyclic) bond motifs is 1. The summed E-state index contributed by atoms with van der Waals surface area (Å²) in [5.74, 6) is 0.308. The van der Waals surface area contributed by atoms with E-state index in [-0.39, 0.29) is 35.7 Å². The van der Waals surface area contributed by atoms with E-state index in [0.29, 0.717) is 12.0 Å². The number of hydrogen-bond donors (Lipinski definition) is 2. The standard InChI is InChI=1S/C15H24O3/c1-14(2)5-4-6-15(3)11(9-17)10(8-16)12(18)7-13(14)15/h13,16-17H,4-9H2,1-3H3/t13-,15+/m0/s1. The van der Waals surface area contributed by atoms with Gasteiger partial charge in [-0.2, -0.15) is 0 Å². The van der Waals surface area contributed by atoms with Crippen LogP contribution in [0.5, 0.6) is 0 Å². The van der Waals surface area contributed by atoms with Gasteiger partial charge in [-0.3, -0.25) is 4.79 Å². The minimum absolute atomic E-state index is 0.0269. The van der Waals surface area contributed by atoms with E-state index in [1.165, 1.54) is 0 Å². The molecule has 2 aliphatic carbocycles. The Balaban J connectivity index is 2.54. The summed E-state index contributed by atoms with van der Waals surface area (Å²) in [6.45, 7) is 6.26. The number of Topliss-reactive ketones (excluding diaryl/α,β-unsaturated/α-hetero) is 1. The lowest BCUT2D eigenvalue weighted by molar-refractivity contribution is -0.122. The number of aliphatic hydroxyl groups excluding tert-OH is 2. The van der Waals surface area contributed by atoms with Crippen LogP contribution in [0.2, 0.25) is 0 Å². The van der Waals surface area contributed by atoms with Gasteiger partial charge in [-0.15, -0.1) is 0 Å². The second-order valence-electron chi connectivity index (χ2n) is 6.71. The molecule has 0 unspecified atom stereocenters. The number of carbonyl (C=O) groups is 1. The van der Waals surface area contributed by atoms with Crippen LogP contribution >= 0.6 is 0 Å². The third kappa shape index (κ3) is 1.84. The summed E-state index contributed by atoms with van der Waals surface area (Å²) in [7, 11) is 0. The minimum Gasteiger partial charge on any atom is -0.392 e. The van der Waals surface area contributed by atoms with Crippen LogP contribution < -0.4 is 0 Å². The average molecular weight is 252 g/mol. The molecule has 2 rings (SSSR count). The van der Waals surface area contributed by atoms with E-state index in [2.05, 4.69) is 20.8 Å². The van der Waals surface area contributed by atoms with Gasteiger partial charge in [0.15, 0.2) is 5.78 Å². The quantitative estimate of drug-likeness (QED) is 0.791. The van der Waals surface area contributed by atoms with Crippen LogP contribution in [-0.2, 0) is 4.79 Å². The Morgan fingerprint density at radius 1 is 1.17 bits per heavy atom. The van der Waals surface area contributed by atoms with Crippen molar-refractivity contribution in [1.29, 1.82) is 0 Å². The average Bonchev–Trinajstić information content (AvgIpc) is 2.29. The first-order chi connectivity index (χ1) is 8.36. The molecule has 0 saturated heterocycles. The van der Waals surface area contributed by atoms with Crippen LogP contribution in [0.1, 0.15) is 46.5 Å². The molecule has 2 aliphatic rings. The first-order valence-electron chi connectivity index (χ1n) is 6.84. The van der Waals surface area contributed by atoms with Crippen LogP contribution in [-0.4, -0.2) is 29.2 Å². The maximum Gasteiger partial charge on any atom is 0.161 e. The molecular formula is C15H24O3. The Hall–Kier alpha value is -0.670. The normalized spacial score (nSPS) is 35.6. The molecule has 0 heterocycles. The van der Waals surface area contributed by atoms with Gasteiger partial charge >= 0.3 is 0 Å². The number of carbonyl (C=O) groups excluding carboxylic acids is 1. The zero-order chi connectivity index (χ0) is 13.6. The van der Waals surface area contributed by atoms with E-state index < -0.39 is 0 Å². The van der Waals surface area contributed by atoms with Crippen molar-refractivity contribution in [2.75, 3.05) is 13.2 Å². The third-order valence-corrected chi connectivity index (χ3v) is 5.33. The summed E-state index contributed by atoms with van der Waals surface area (Å²) < 4.78 is 0. The second kappa shape index (κ2) is 4.46. The zero-order valence-corrected chi connectivity index (χ0v) is 11.6. The van der Waals surface area contributed by atoms with Crippen molar-refractivity contribution in [3.05, 3.63) is 11.1 Å². The predicted octanol–water partition coefficient (Wildman–Crippen LogP) is 2.07. The van der Waals surface area contributed by atoms with Gasteiger partial charge in [0.05, 0.1) is 13.2 Å². The molecule has 0 aromatic rings. The van der Waals surface area contributed by atoms with Gasteiger partial charge < -0.3 is 10.2 Å². The summed E-state index contributed by atoms with van der Waals surface area (Å²) in [5.41, 5.74) is 1.26. The fourth-order valence-corrected chi connectivity index (χ4v) is 4.27. The van der Waals surface area contributed by atoms with Crippen LogP contribution in [0.4, 0.5) is 0 Å². The van der Waals surface area contributed by atoms with Crippen molar-refractivity contribution in [2.45, 2.75) is 46.5 Å². The van der Waals surface area contributed by atoms with Crippen LogP contribution in [0.25, 0.3) is 0 Å². The smallest absolute Gasteiger partial charge is 0.161 e. The van der Waals surface area contributed by atoms with Gasteiger partial charge in [-0.05, 0) is 35.2 Å². The monoisotopic (exact) mass is 252 g/mol. The van der Waals surface area contributed by atoms with Crippen molar-refractivity contribution in [3.8, 4) is 0 Å². The molecule has 1 saturated carbocycles. The van der Waals surface area contributed by atoms with Gasteiger partial charge in [0.1, 0.15) is 0 Å². The van der Waals surface area contributed by atoms with Crippen molar-refractivity contribution in [2.24, 2.45) is 16.7 Å². The largest absolute Gasteiger partial charge is 0.392 e. The summed E-state index contributed by atoms with van der Waals surface area (Å²) in [4.78, 5) is 12.2. The fraction of sp³-hybridized carbons (Fsp3) is 0.800. The third-order valence-electron chi connectivity index (χ3n) is 5.33. The van der Waals surface area contributed by atoms with E-state index in [4.69, 9.17) is 0 Å². The number of ketones is 1. The first kappa shape index (κ1) is 13.8. The molecule has 2 atom stereocenters. The SMILES string of the molecule is CC1(C)CCC[C@]2(C)C(CO)=C(CO)C(=O)C[C@@H]12. The molecule has 18 heavy (non-hydrogen) atoms. The lowest BCUT2D eigenvalue weighted by Gasteiger charge is -2.54. The van der Waals surface area contributed by atoms with Gasteiger partial charge in [-0.25, -0.2) is 0 Å². The Bertz CT molecular complexity index is 395. The van der Waals surface area contributed by atoms with Crippen LogP contribution in [0.3, 0.4) is 0 Å². The van der Waals surface area contributed by atoms with Crippen LogP contribution in [0, 0.1) is 16.7 Å². The molecule has 0 spiro atoms. The van der Waals surface area contributed by atoms with Gasteiger partial charge in [-0.1, -0.05) is 27.2 Å². The summed E-state index contributed by atoms with van der Waals surface area (Å²) in [5, 5.41) is 19.1. The maximum atomic E-state index is 12.2. The van der Waals surface area contributed by atoms with E-state index in [9.17, 15) is 15.0 Å². The number of hydrogen-bond acceptors (Lipinski definition) is 3. The molecule has 0 amide bonds. The molecule has 0 aromatic carbocycles. The highest BCUT2D eigenvalue weighted by Crippen LogP contribution is 2.58. The number of aliphatic hydroxyl groups is 2. The van der Waals surface area contributed by atoms with Crippen molar-refractivity contribution < 1.29 is 15.0 Å². The second-order valence-corrected chi connectivity index (χ2v) is 6.71. The molecular weight excluding hydrogens is 228 g/mol. The molecule has 1 fully saturated rings. The lowest BCUT2D eigenvalue weighted by atomic mass is 9.50.